The summed E-state index contributed by atoms with van der Waals surface area (Å²) in [6.07, 6.45) is 24.3. The van der Waals surface area contributed by atoms with Crippen LogP contribution in [0.3, 0.4) is 0 Å². The molecule has 4 heteroatoms. The summed E-state index contributed by atoms with van der Waals surface area (Å²) in [5, 5.41) is 0. The number of allylic oxidation sites excluding steroid dienone is 2. The second-order valence-corrected chi connectivity index (χ2v) is 51.4. The number of benzene rings is 4. The van der Waals surface area contributed by atoms with Crippen LogP contribution in [-0.4, -0.2) is 6.88 Å². The summed E-state index contributed by atoms with van der Waals surface area (Å²) in [6, 6.07) is 30.8. The van der Waals surface area contributed by atoms with E-state index in [1.165, 1.54) is 124 Å². The number of hydrogen-bond acceptors (Lipinski definition) is 0. The average molecular weight is 973 g/mol. The van der Waals surface area contributed by atoms with Crippen molar-refractivity contribution >= 4 is 43.8 Å². The first-order valence-corrected chi connectivity index (χ1v) is 37.6. The first kappa shape index (κ1) is 44.9. The normalized spacial score (nSPS) is 33.1. The van der Waals surface area contributed by atoms with Crippen molar-refractivity contribution in [1.29, 1.82) is 0 Å². The molecule has 0 aliphatic heterocycles. The molecule has 0 amide bonds. The van der Waals surface area contributed by atoms with Crippen LogP contribution < -0.4 is 0 Å². The zero-order chi connectivity index (χ0) is 41.7. The van der Waals surface area contributed by atoms with Crippen molar-refractivity contribution in [2.75, 3.05) is 0 Å². The van der Waals surface area contributed by atoms with E-state index >= 15 is 0 Å². The number of rotatable bonds is 9. The molecule has 14 rings (SSSR count). The van der Waals surface area contributed by atoms with Crippen LogP contribution in [0.25, 0.3) is 34.4 Å². The van der Waals surface area contributed by atoms with Gasteiger partial charge in [-0.3, -0.25) is 0 Å². The van der Waals surface area contributed by atoms with E-state index in [1.54, 1.807) is 39.0 Å². The van der Waals surface area contributed by atoms with Gasteiger partial charge in [-0.15, -0.1) is 24.8 Å². The first-order chi connectivity index (χ1) is 29.4. The maximum absolute atomic E-state index is 3.86. The molecule has 63 heavy (non-hydrogen) atoms. The molecule has 0 spiro atoms. The second kappa shape index (κ2) is 15.8. The summed E-state index contributed by atoms with van der Waals surface area (Å²) in [6.45, 7) is 17.6. The Morgan fingerprint density at radius 1 is 0.508 bits per heavy atom. The van der Waals surface area contributed by atoms with Crippen LogP contribution >= 0.6 is 24.8 Å². The van der Waals surface area contributed by atoms with Crippen LogP contribution in [-0.2, 0) is 28.2 Å². The molecule has 0 radical (unpaired) electrons. The molecule has 332 valence electrons. The fourth-order valence-corrected chi connectivity index (χ4v) is 42.2. The van der Waals surface area contributed by atoms with Crippen molar-refractivity contribution in [3.05, 3.63) is 128 Å². The summed E-state index contributed by atoms with van der Waals surface area (Å²) in [4.78, 5) is 0. The molecule has 4 aromatic carbocycles. The summed E-state index contributed by atoms with van der Waals surface area (Å²) >= 11 is -3.86. The Morgan fingerprint density at radius 3 is 1.24 bits per heavy atom. The van der Waals surface area contributed by atoms with E-state index < -0.39 is 17.4 Å². The standard InChI is InChI=1S/C28H31.C27H29.2C2H5.2ClH.H2Si.Zr/c1-3-19-13-24-8-18(2)9-26(27(24)14-19)23-4-6-25(7-5-23)28-15-20-10-21(16-28)12-22(11-20)17-28;1-17-7-23-8-18(2)10-26(23)25(9-17)22-3-5-24(6-4-22)27-14-19-11-20(15-27)13-21(12-19)16-27;2*1-2;;;;/h4-9,13-14,20-22H,3,10-12,15-17H2,1-2H3;3-10,19-21H,11-16H2,1-2H3;2*1H2,2H3;2*1H;1H2;. The zero-order valence-electron chi connectivity index (χ0n) is 39.3. The largest absolute Gasteiger partial charge is 0.147 e. The molecule has 2 atom stereocenters. The van der Waals surface area contributed by atoms with E-state index in [1.807, 2.05) is 0 Å². The zero-order valence-corrected chi connectivity index (χ0v) is 44.8. The molecule has 10 aliphatic rings. The molecule has 2 unspecified atom stereocenters. The molecule has 8 fully saturated rings. The van der Waals surface area contributed by atoms with Gasteiger partial charge in [-0.05, 0) is 0 Å². The van der Waals surface area contributed by atoms with Gasteiger partial charge in [-0.25, -0.2) is 0 Å². The van der Waals surface area contributed by atoms with E-state index in [2.05, 4.69) is 133 Å². The molecule has 0 saturated heterocycles. The molecule has 0 nitrogen and oxygen atoms in total. The molecule has 0 aromatic heterocycles. The summed E-state index contributed by atoms with van der Waals surface area (Å²) in [5.41, 5.74) is 22.7. The molecule has 4 aromatic rings. The predicted octanol–water partition coefficient (Wildman–Crippen LogP) is 16.5. The van der Waals surface area contributed by atoms with Gasteiger partial charge < -0.3 is 0 Å². The van der Waals surface area contributed by atoms with Gasteiger partial charge in [0, 0.05) is 0 Å². The fraction of sp³-hybridized carbons (Fsp3) is 0.525. The Labute approximate surface area is 395 Å². The van der Waals surface area contributed by atoms with Crippen molar-refractivity contribution in [3.63, 3.8) is 0 Å². The third-order valence-corrected chi connectivity index (χ3v) is 51.2. The van der Waals surface area contributed by atoms with Crippen LogP contribution in [0.5, 0.6) is 0 Å². The maximum Gasteiger partial charge on any atom is -0.147 e. The van der Waals surface area contributed by atoms with E-state index in [4.69, 9.17) is 0 Å². The van der Waals surface area contributed by atoms with Gasteiger partial charge in [-0.2, -0.15) is 0 Å². The third kappa shape index (κ3) is 6.68. The molecular formula is C59H74Cl2SiZr. The molecule has 8 saturated carbocycles. The minimum atomic E-state index is -3.86. The molecule has 10 aliphatic carbocycles. The number of halogens is 2. The van der Waals surface area contributed by atoms with Gasteiger partial charge in [0.1, 0.15) is 0 Å². The van der Waals surface area contributed by atoms with Gasteiger partial charge >= 0.3 is 374 Å². The van der Waals surface area contributed by atoms with Crippen LogP contribution in [0.1, 0.15) is 163 Å². The minimum absolute atomic E-state index is 0. The van der Waals surface area contributed by atoms with Crippen LogP contribution in [0.15, 0.2) is 83.9 Å². The maximum atomic E-state index is 2.72. The summed E-state index contributed by atoms with van der Waals surface area (Å²) in [5.74, 6) is 5.89. The van der Waals surface area contributed by atoms with Gasteiger partial charge in [0.15, 0.2) is 0 Å². The topological polar surface area (TPSA) is 0 Å². The Morgan fingerprint density at radius 2 is 0.873 bits per heavy atom. The minimum Gasteiger partial charge on any atom is -0.147 e. The average Bonchev–Trinajstić information content (AvgIpc) is 3.80. The molecule has 8 bridgehead atoms. The van der Waals surface area contributed by atoms with Crippen molar-refractivity contribution in [2.24, 2.45) is 35.5 Å². The van der Waals surface area contributed by atoms with Crippen LogP contribution in [0.4, 0.5) is 0 Å². The Kier molecular flexibility index (Phi) is 11.3. The van der Waals surface area contributed by atoms with Gasteiger partial charge in [0.2, 0.25) is 0 Å². The Balaban J connectivity index is 0.00000236. The number of fused-ring (bicyclic) bond motifs is 2. The van der Waals surface area contributed by atoms with E-state index in [-0.39, 0.29) is 24.8 Å². The second-order valence-electron chi connectivity index (χ2n) is 23.9. The fourth-order valence-electron chi connectivity index (χ4n) is 18.4. The quantitative estimate of drug-likeness (QED) is 0.147. The first-order valence-electron chi connectivity index (χ1n) is 25.3. The van der Waals surface area contributed by atoms with Crippen LogP contribution in [0, 0.1) is 49.4 Å². The molecular weight excluding hydrogens is 899 g/mol. The predicted molar refractivity (Wildman–Crippen MR) is 274 cm³/mol. The summed E-state index contributed by atoms with van der Waals surface area (Å²) < 4.78 is 3.82. The monoisotopic (exact) mass is 970 g/mol. The van der Waals surface area contributed by atoms with Crippen molar-refractivity contribution in [3.8, 4) is 22.3 Å². The smallest absolute Gasteiger partial charge is 0.147 e. The molecule has 0 heterocycles. The van der Waals surface area contributed by atoms with Crippen molar-refractivity contribution in [2.45, 2.75) is 151 Å². The summed E-state index contributed by atoms with van der Waals surface area (Å²) in [7, 11) is 0. The molecule has 0 N–H and O–H groups in total. The number of aryl methyl sites for hydroxylation is 2. The Bertz CT molecular complexity index is 2530. The van der Waals surface area contributed by atoms with Crippen LogP contribution in [0.2, 0.25) is 8.26 Å². The van der Waals surface area contributed by atoms with Gasteiger partial charge in [-0.1, -0.05) is 0 Å². The van der Waals surface area contributed by atoms with E-state index in [0.717, 1.165) is 41.9 Å². The van der Waals surface area contributed by atoms with Crippen molar-refractivity contribution in [1.82, 2.24) is 0 Å². The van der Waals surface area contributed by atoms with E-state index in [0.29, 0.717) is 18.1 Å². The number of hydrogen-bond donors (Lipinski definition) is 0. The van der Waals surface area contributed by atoms with Gasteiger partial charge in [0.25, 0.3) is 0 Å². The Hall–Kier alpha value is -1.96. The van der Waals surface area contributed by atoms with Gasteiger partial charge in [0.05, 0.1) is 0 Å². The third-order valence-electron chi connectivity index (χ3n) is 20.3. The van der Waals surface area contributed by atoms with E-state index in [9.17, 15) is 0 Å². The van der Waals surface area contributed by atoms with Crippen molar-refractivity contribution < 1.29 is 17.4 Å². The SMILES string of the molecule is CCC1=Cc2c(-c3ccc(C45CC6CC(CC(C6)C4)C5)cc3)cc(C)cc2[CH]1[Zr](=[SiH2])([CH2]C)([CH2]C)[CH]1C(C)=Cc2c(-c3ccc(C45CC6CC(CC(C6)C4)C5)cc3)cc(C)cc21.Cl.Cl.